The van der Waals surface area contributed by atoms with Crippen LogP contribution in [0.25, 0.3) is 0 Å². The van der Waals surface area contributed by atoms with Gasteiger partial charge >= 0.3 is 0 Å². The number of hydrogen-bond donors (Lipinski definition) is 1. The van der Waals surface area contributed by atoms with Crippen molar-refractivity contribution >= 4 is 5.91 Å². The van der Waals surface area contributed by atoms with Gasteiger partial charge in [0, 0.05) is 44.3 Å². The number of piperazine rings is 1. The van der Waals surface area contributed by atoms with Crippen LogP contribution >= 0.6 is 0 Å². The van der Waals surface area contributed by atoms with Gasteiger partial charge in [-0.25, -0.2) is 0 Å². The van der Waals surface area contributed by atoms with E-state index in [1.807, 2.05) is 12.1 Å². The summed E-state index contributed by atoms with van der Waals surface area (Å²) in [5.74, 6) is -0.00514. The molecule has 2 aliphatic rings. The SMILES string of the molecule is CNC(=O)c1cccc([C@H]2CN(C3CCCCC3)CCN2C)c1. The summed E-state index contributed by atoms with van der Waals surface area (Å²) in [4.78, 5) is 17.0. The van der Waals surface area contributed by atoms with Crippen molar-refractivity contribution < 1.29 is 4.79 Å². The monoisotopic (exact) mass is 315 g/mol. The Morgan fingerprint density at radius 3 is 2.70 bits per heavy atom. The highest BCUT2D eigenvalue weighted by atomic mass is 16.1. The molecular formula is C19H29N3O. The second kappa shape index (κ2) is 7.45. The molecule has 1 aromatic carbocycles. The zero-order valence-electron chi connectivity index (χ0n) is 14.4. The van der Waals surface area contributed by atoms with Crippen LogP contribution in [0, 0.1) is 0 Å². The molecule has 126 valence electrons. The number of carbonyl (C=O) groups excluding carboxylic acids is 1. The van der Waals surface area contributed by atoms with Gasteiger partial charge in [0.25, 0.3) is 5.91 Å². The number of rotatable bonds is 3. The molecule has 23 heavy (non-hydrogen) atoms. The van der Waals surface area contributed by atoms with Crippen LogP contribution in [0.1, 0.15) is 54.1 Å². The molecule has 4 nitrogen and oxygen atoms in total. The number of benzene rings is 1. The second-order valence-electron chi connectivity index (χ2n) is 6.99. The average molecular weight is 315 g/mol. The quantitative estimate of drug-likeness (QED) is 0.931. The summed E-state index contributed by atoms with van der Waals surface area (Å²) in [6.07, 6.45) is 6.88. The third-order valence-electron chi connectivity index (χ3n) is 5.53. The number of hydrogen-bond acceptors (Lipinski definition) is 3. The van der Waals surface area contributed by atoms with Crippen molar-refractivity contribution in [1.29, 1.82) is 0 Å². The molecule has 1 saturated heterocycles. The number of nitrogens with one attached hydrogen (secondary N) is 1. The van der Waals surface area contributed by atoms with Crippen LogP contribution in [-0.4, -0.2) is 55.5 Å². The Hall–Kier alpha value is -1.39. The van der Waals surface area contributed by atoms with E-state index in [2.05, 4.69) is 34.3 Å². The predicted octanol–water partition coefficient (Wildman–Crippen LogP) is 2.67. The highest BCUT2D eigenvalue weighted by molar-refractivity contribution is 5.94. The summed E-state index contributed by atoms with van der Waals surface area (Å²) in [6.45, 7) is 3.36. The van der Waals surface area contributed by atoms with E-state index in [0.29, 0.717) is 6.04 Å². The van der Waals surface area contributed by atoms with E-state index >= 15 is 0 Å². The van der Waals surface area contributed by atoms with Crippen LogP contribution in [0.3, 0.4) is 0 Å². The molecule has 1 amide bonds. The Morgan fingerprint density at radius 2 is 1.96 bits per heavy atom. The van der Waals surface area contributed by atoms with Gasteiger partial charge < -0.3 is 5.32 Å². The minimum atomic E-state index is -0.00514. The smallest absolute Gasteiger partial charge is 0.251 e. The fourth-order valence-electron chi connectivity index (χ4n) is 4.06. The molecule has 0 aromatic heterocycles. The Balaban J connectivity index is 1.75. The lowest BCUT2D eigenvalue weighted by atomic mass is 9.92. The lowest BCUT2D eigenvalue weighted by Gasteiger charge is -2.44. The number of carbonyl (C=O) groups is 1. The van der Waals surface area contributed by atoms with Crippen LogP contribution in [0.4, 0.5) is 0 Å². The van der Waals surface area contributed by atoms with Crippen LogP contribution in [-0.2, 0) is 0 Å². The van der Waals surface area contributed by atoms with Crippen molar-refractivity contribution in [2.75, 3.05) is 33.7 Å². The highest BCUT2D eigenvalue weighted by Crippen LogP contribution is 2.30. The number of likely N-dealkylation sites (N-methyl/N-ethyl adjacent to an activating group) is 1. The fourth-order valence-corrected chi connectivity index (χ4v) is 4.06. The molecule has 0 bridgehead atoms. The van der Waals surface area contributed by atoms with Crippen molar-refractivity contribution in [3.05, 3.63) is 35.4 Å². The largest absolute Gasteiger partial charge is 0.355 e. The number of nitrogens with zero attached hydrogens (tertiary/aromatic N) is 2. The molecule has 0 unspecified atom stereocenters. The first-order valence-corrected chi connectivity index (χ1v) is 8.95. The Bertz CT molecular complexity index is 539. The summed E-state index contributed by atoms with van der Waals surface area (Å²) in [5.41, 5.74) is 2.02. The molecule has 1 N–H and O–H groups in total. The lowest BCUT2D eigenvalue weighted by Crippen LogP contribution is -2.51. The van der Waals surface area contributed by atoms with E-state index in [0.717, 1.165) is 24.7 Å². The molecule has 1 saturated carbocycles. The van der Waals surface area contributed by atoms with Crippen LogP contribution < -0.4 is 5.32 Å². The van der Waals surface area contributed by atoms with E-state index in [4.69, 9.17) is 0 Å². The summed E-state index contributed by atoms with van der Waals surface area (Å²) < 4.78 is 0. The molecule has 4 heteroatoms. The van der Waals surface area contributed by atoms with Gasteiger partial charge in [0.2, 0.25) is 0 Å². The van der Waals surface area contributed by atoms with Crippen LogP contribution in [0.2, 0.25) is 0 Å². The van der Waals surface area contributed by atoms with Gasteiger partial charge in [0.05, 0.1) is 0 Å². The van der Waals surface area contributed by atoms with Crippen molar-refractivity contribution in [3.8, 4) is 0 Å². The first kappa shape index (κ1) is 16.5. The van der Waals surface area contributed by atoms with Crippen molar-refractivity contribution in [3.63, 3.8) is 0 Å². The zero-order valence-corrected chi connectivity index (χ0v) is 14.4. The normalized spacial score (nSPS) is 24.5. The summed E-state index contributed by atoms with van der Waals surface area (Å²) >= 11 is 0. The molecule has 1 aliphatic carbocycles. The van der Waals surface area contributed by atoms with Gasteiger partial charge in [0.15, 0.2) is 0 Å². The Labute approximate surface area is 139 Å². The van der Waals surface area contributed by atoms with Gasteiger partial charge in [-0.2, -0.15) is 0 Å². The number of amides is 1. The standard InChI is InChI=1S/C19H29N3O/c1-20-19(23)16-8-6-7-15(13-16)18-14-22(12-11-21(18)2)17-9-4-3-5-10-17/h6-8,13,17-18H,3-5,9-12,14H2,1-2H3,(H,20,23)/t18-/m1/s1. The van der Waals surface area contributed by atoms with Gasteiger partial charge in [0.1, 0.15) is 0 Å². The topological polar surface area (TPSA) is 35.6 Å². The van der Waals surface area contributed by atoms with Crippen LogP contribution in [0.5, 0.6) is 0 Å². The Kier molecular flexibility index (Phi) is 5.34. The van der Waals surface area contributed by atoms with E-state index in [-0.39, 0.29) is 5.91 Å². The first-order chi connectivity index (χ1) is 11.2. The predicted molar refractivity (Wildman–Crippen MR) is 93.6 cm³/mol. The summed E-state index contributed by atoms with van der Waals surface area (Å²) in [7, 11) is 3.89. The van der Waals surface area contributed by atoms with E-state index in [9.17, 15) is 4.79 Å². The third-order valence-corrected chi connectivity index (χ3v) is 5.53. The molecule has 0 radical (unpaired) electrons. The molecule has 2 fully saturated rings. The molecular weight excluding hydrogens is 286 g/mol. The van der Waals surface area contributed by atoms with E-state index in [1.54, 1.807) is 7.05 Å². The second-order valence-corrected chi connectivity index (χ2v) is 6.99. The summed E-state index contributed by atoms with van der Waals surface area (Å²) in [5, 5.41) is 2.72. The van der Waals surface area contributed by atoms with Gasteiger partial charge in [-0.1, -0.05) is 31.4 Å². The maximum atomic E-state index is 11.9. The molecule has 1 aliphatic heterocycles. The maximum absolute atomic E-state index is 11.9. The fraction of sp³-hybridized carbons (Fsp3) is 0.632. The molecule has 1 heterocycles. The molecule has 1 aromatic rings. The van der Waals surface area contributed by atoms with Crippen molar-refractivity contribution in [1.82, 2.24) is 15.1 Å². The summed E-state index contributed by atoms with van der Waals surface area (Å²) in [6, 6.07) is 9.28. The lowest BCUT2D eigenvalue weighted by molar-refractivity contribution is 0.0503. The average Bonchev–Trinajstić information content (AvgIpc) is 2.62. The van der Waals surface area contributed by atoms with E-state index < -0.39 is 0 Å². The van der Waals surface area contributed by atoms with Gasteiger partial charge in [-0.15, -0.1) is 0 Å². The highest BCUT2D eigenvalue weighted by Gasteiger charge is 2.30. The molecule has 1 atom stereocenters. The third kappa shape index (κ3) is 3.75. The van der Waals surface area contributed by atoms with Gasteiger partial charge in [-0.3, -0.25) is 14.6 Å². The molecule has 0 spiro atoms. The van der Waals surface area contributed by atoms with Crippen molar-refractivity contribution in [2.24, 2.45) is 0 Å². The maximum Gasteiger partial charge on any atom is 0.251 e. The van der Waals surface area contributed by atoms with Crippen molar-refractivity contribution in [2.45, 2.75) is 44.2 Å². The minimum absolute atomic E-state index is 0.00514. The Morgan fingerprint density at radius 1 is 1.17 bits per heavy atom. The van der Waals surface area contributed by atoms with E-state index in [1.165, 1.54) is 44.2 Å². The van der Waals surface area contributed by atoms with Gasteiger partial charge in [-0.05, 0) is 37.6 Å². The molecule has 3 rings (SSSR count). The first-order valence-electron chi connectivity index (χ1n) is 8.95. The zero-order chi connectivity index (χ0) is 16.2. The van der Waals surface area contributed by atoms with Crippen LogP contribution in [0.15, 0.2) is 24.3 Å². The minimum Gasteiger partial charge on any atom is -0.355 e.